The predicted octanol–water partition coefficient (Wildman–Crippen LogP) is 4.30. The third-order valence-corrected chi connectivity index (χ3v) is 6.79. The number of ether oxygens (including phenoxy) is 3. The minimum absolute atomic E-state index is 0.629. The summed E-state index contributed by atoms with van der Waals surface area (Å²) in [6.45, 7) is 3.32. The summed E-state index contributed by atoms with van der Waals surface area (Å²) in [5.74, 6) is 3.54. The van der Waals surface area contributed by atoms with E-state index < -0.39 is 0 Å². The fraction of sp³-hybridized carbons (Fsp3) is 0.250. The van der Waals surface area contributed by atoms with Crippen LogP contribution in [0.2, 0.25) is 0 Å². The number of aromatic nitrogens is 4. The molecule has 0 radical (unpaired) electrons. The predicted molar refractivity (Wildman–Crippen MR) is 144 cm³/mol. The summed E-state index contributed by atoms with van der Waals surface area (Å²) < 4.78 is 18.3. The molecule has 0 unspecified atom stereocenters. The molecule has 6 rings (SSSR count). The number of hydrogen-bond donors (Lipinski definition) is 0. The van der Waals surface area contributed by atoms with Crippen molar-refractivity contribution in [2.75, 3.05) is 57.3 Å². The summed E-state index contributed by atoms with van der Waals surface area (Å²) in [4.78, 5) is 14.6. The van der Waals surface area contributed by atoms with Crippen LogP contribution in [0.5, 0.6) is 17.2 Å². The van der Waals surface area contributed by atoms with Gasteiger partial charge in [-0.15, -0.1) is 5.10 Å². The summed E-state index contributed by atoms with van der Waals surface area (Å²) in [6.07, 6.45) is 0. The molecule has 37 heavy (non-hydrogen) atoms. The van der Waals surface area contributed by atoms with Crippen molar-refractivity contribution < 1.29 is 14.2 Å². The first-order valence-corrected chi connectivity index (χ1v) is 12.2. The Morgan fingerprint density at radius 1 is 0.703 bits per heavy atom. The minimum atomic E-state index is 0.629. The second-order valence-electron chi connectivity index (χ2n) is 8.85. The average molecular weight is 497 g/mol. The topological polar surface area (TPSA) is 77.2 Å². The maximum atomic E-state index is 5.57. The molecule has 5 aromatic rings. The molecule has 0 N–H and O–H groups in total. The van der Waals surface area contributed by atoms with Crippen molar-refractivity contribution in [1.29, 1.82) is 0 Å². The van der Waals surface area contributed by atoms with E-state index in [0.29, 0.717) is 17.3 Å². The molecular formula is C28H28N6O3. The van der Waals surface area contributed by atoms with E-state index >= 15 is 0 Å². The lowest BCUT2D eigenvalue weighted by Gasteiger charge is -2.36. The first-order valence-electron chi connectivity index (χ1n) is 12.2. The van der Waals surface area contributed by atoms with Crippen LogP contribution in [0.25, 0.3) is 27.9 Å². The number of benzene rings is 3. The fourth-order valence-corrected chi connectivity index (χ4v) is 4.79. The summed E-state index contributed by atoms with van der Waals surface area (Å²) >= 11 is 0. The number of anilines is 2. The van der Waals surface area contributed by atoms with E-state index in [1.807, 2.05) is 59.1 Å². The van der Waals surface area contributed by atoms with E-state index in [4.69, 9.17) is 29.3 Å². The van der Waals surface area contributed by atoms with Crippen molar-refractivity contribution in [1.82, 2.24) is 19.6 Å². The Bertz CT molecular complexity index is 1540. The van der Waals surface area contributed by atoms with Gasteiger partial charge in [-0.2, -0.15) is 4.52 Å². The molecule has 1 saturated heterocycles. The number of fused-ring (bicyclic) bond motifs is 3. The van der Waals surface area contributed by atoms with Gasteiger partial charge in [-0.05, 0) is 30.3 Å². The Morgan fingerprint density at radius 3 is 2.05 bits per heavy atom. The lowest BCUT2D eigenvalue weighted by Crippen LogP contribution is -2.47. The third kappa shape index (κ3) is 4.12. The van der Waals surface area contributed by atoms with Crippen LogP contribution in [0.15, 0.2) is 66.7 Å². The van der Waals surface area contributed by atoms with Gasteiger partial charge in [-0.25, -0.2) is 9.97 Å². The van der Waals surface area contributed by atoms with Gasteiger partial charge in [-0.3, -0.25) is 0 Å². The quantitative estimate of drug-likeness (QED) is 0.345. The minimum Gasteiger partial charge on any atom is -0.497 e. The van der Waals surface area contributed by atoms with Crippen LogP contribution in [0.1, 0.15) is 0 Å². The molecule has 0 spiro atoms. The molecule has 2 aromatic heterocycles. The van der Waals surface area contributed by atoms with E-state index in [0.717, 1.165) is 60.0 Å². The van der Waals surface area contributed by atoms with Crippen LogP contribution in [-0.2, 0) is 0 Å². The highest BCUT2D eigenvalue weighted by Gasteiger charge is 2.24. The van der Waals surface area contributed by atoms with Crippen LogP contribution in [0, 0.1) is 0 Å². The molecule has 0 saturated carbocycles. The number of hydrogen-bond acceptors (Lipinski definition) is 8. The summed E-state index contributed by atoms with van der Waals surface area (Å²) in [7, 11) is 4.94. The van der Waals surface area contributed by atoms with Gasteiger partial charge in [0.1, 0.15) is 5.75 Å². The van der Waals surface area contributed by atoms with Crippen molar-refractivity contribution in [3.63, 3.8) is 0 Å². The van der Waals surface area contributed by atoms with Gasteiger partial charge in [-0.1, -0.05) is 30.3 Å². The molecule has 1 fully saturated rings. The van der Waals surface area contributed by atoms with Crippen LogP contribution in [0.3, 0.4) is 0 Å². The van der Waals surface area contributed by atoms with Gasteiger partial charge >= 0.3 is 0 Å². The highest BCUT2D eigenvalue weighted by Crippen LogP contribution is 2.35. The fourth-order valence-electron chi connectivity index (χ4n) is 4.79. The van der Waals surface area contributed by atoms with Crippen LogP contribution in [0.4, 0.5) is 11.6 Å². The average Bonchev–Trinajstić information content (AvgIpc) is 3.42. The molecule has 0 atom stereocenters. The molecule has 9 nitrogen and oxygen atoms in total. The van der Waals surface area contributed by atoms with E-state index in [-0.39, 0.29) is 0 Å². The maximum Gasteiger partial charge on any atom is 0.229 e. The molecule has 3 aromatic carbocycles. The van der Waals surface area contributed by atoms with Gasteiger partial charge in [0.05, 0.1) is 26.8 Å². The first kappa shape index (κ1) is 22.9. The monoisotopic (exact) mass is 496 g/mol. The van der Waals surface area contributed by atoms with Gasteiger partial charge in [0.2, 0.25) is 5.95 Å². The Hall–Kier alpha value is -4.53. The number of piperazine rings is 1. The first-order chi connectivity index (χ1) is 18.2. The number of methoxy groups -OCH3 is 3. The van der Waals surface area contributed by atoms with Crippen molar-refractivity contribution >= 4 is 28.2 Å². The van der Waals surface area contributed by atoms with Crippen molar-refractivity contribution in [2.24, 2.45) is 0 Å². The Kier molecular flexibility index (Phi) is 5.88. The lowest BCUT2D eigenvalue weighted by atomic mass is 10.2. The second kappa shape index (κ2) is 9.50. The van der Waals surface area contributed by atoms with Crippen LogP contribution >= 0.6 is 0 Å². The van der Waals surface area contributed by atoms with E-state index in [2.05, 4.69) is 21.9 Å². The summed E-state index contributed by atoms with van der Waals surface area (Å²) in [5.41, 5.74) is 3.65. The summed E-state index contributed by atoms with van der Waals surface area (Å²) in [6, 6.07) is 22.0. The van der Waals surface area contributed by atoms with Crippen LogP contribution < -0.4 is 24.0 Å². The summed E-state index contributed by atoms with van der Waals surface area (Å²) in [5, 5.41) is 5.76. The maximum absolute atomic E-state index is 5.57. The van der Waals surface area contributed by atoms with Crippen molar-refractivity contribution in [2.45, 2.75) is 0 Å². The Balaban J connectivity index is 1.41. The largest absolute Gasteiger partial charge is 0.497 e. The Labute approximate surface area is 214 Å². The molecule has 3 heterocycles. The molecule has 9 heteroatoms. The van der Waals surface area contributed by atoms with Gasteiger partial charge in [0.25, 0.3) is 0 Å². The van der Waals surface area contributed by atoms with Crippen molar-refractivity contribution in [3.8, 4) is 28.6 Å². The molecule has 188 valence electrons. The zero-order valence-corrected chi connectivity index (χ0v) is 21.1. The van der Waals surface area contributed by atoms with E-state index in [1.165, 1.54) is 5.69 Å². The second-order valence-corrected chi connectivity index (χ2v) is 8.85. The Morgan fingerprint density at radius 2 is 1.38 bits per heavy atom. The highest BCUT2D eigenvalue weighted by atomic mass is 16.5. The smallest absolute Gasteiger partial charge is 0.229 e. The van der Waals surface area contributed by atoms with E-state index in [1.54, 1.807) is 21.3 Å². The number of nitrogens with zero attached hydrogens (tertiary/aromatic N) is 6. The standard InChI is InChI=1S/C28H28N6O3/c1-35-21-11-9-20(10-12-21)32-13-15-33(16-14-32)28-29-23-18-25(37-3)24(36-2)17-22(23)27-30-26(31-34(27)28)19-7-5-4-6-8-19/h4-12,17-18H,13-16H2,1-3H3. The van der Waals surface area contributed by atoms with E-state index in [9.17, 15) is 0 Å². The molecule has 0 aliphatic carbocycles. The molecule has 0 bridgehead atoms. The lowest BCUT2D eigenvalue weighted by molar-refractivity contribution is 0.356. The van der Waals surface area contributed by atoms with Gasteiger partial charge < -0.3 is 24.0 Å². The molecule has 1 aliphatic rings. The zero-order chi connectivity index (χ0) is 25.4. The van der Waals surface area contributed by atoms with Crippen molar-refractivity contribution in [3.05, 3.63) is 66.7 Å². The molecular weight excluding hydrogens is 468 g/mol. The van der Waals surface area contributed by atoms with Gasteiger partial charge in [0.15, 0.2) is 23.0 Å². The third-order valence-electron chi connectivity index (χ3n) is 6.79. The SMILES string of the molecule is COc1ccc(N2CCN(c3nc4cc(OC)c(OC)cc4c4nc(-c5ccccc5)nn34)CC2)cc1. The highest BCUT2D eigenvalue weighted by molar-refractivity contribution is 5.95. The van der Waals surface area contributed by atoms with Crippen LogP contribution in [-0.4, -0.2) is 67.1 Å². The number of rotatable bonds is 6. The zero-order valence-electron chi connectivity index (χ0n) is 21.1. The molecule has 1 aliphatic heterocycles. The molecule has 0 amide bonds. The van der Waals surface area contributed by atoms with Gasteiger partial charge in [0, 0.05) is 48.9 Å². The normalized spacial score (nSPS) is 13.8.